The number of nitrogens with one attached hydrogen (secondary N) is 1. The molecule has 0 amide bonds. The van der Waals surface area contributed by atoms with E-state index in [1.54, 1.807) is 0 Å². The van der Waals surface area contributed by atoms with Gasteiger partial charge in [-0.15, -0.1) is 0 Å². The molecule has 0 aromatic heterocycles. The lowest BCUT2D eigenvalue weighted by molar-refractivity contribution is -0.136. The first-order chi connectivity index (χ1) is 5.72. The van der Waals surface area contributed by atoms with E-state index in [2.05, 4.69) is 17.0 Å². The molecule has 0 aromatic carbocycles. The second kappa shape index (κ2) is 2.59. The van der Waals surface area contributed by atoms with E-state index in [9.17, 15) is 4.79 Å². The van der Waals surface area contributed by atoms with Crippen molar-refractivity contribution in [3.8, 4) is 0 Å². The molecule has 3 atom stereocenters. The smallest absolute Gasteiger partial charge is 0.333 e. The average molecular weight is 167 g/mol. The van der Waals surface area contributed by atoms with Crippen molar-refractivity contribution in [2.75, 3.05) is 7.11 Å². The summed E-state index contributed by atoms with van der Waals surface area (Å²) in [6, 6.07) is 1.14. The highest BCUT2D eigenvalue weighted by Crippen LogP contribution is 2.33. The van der Waals surface area contributed by atoms with Gasteiger partial charge in [-0.2, -0.15) is 0 Å². The van der Waals surface area contributed by atoms with Crippen LogP contribution in [0.25, 0.3) is 0 Å². The van der Waals surface area contributed by atoms with Crippen LogP contribution in [0.4, 0.5) is 0 Å². The maximum atomic E-state index is 11.2. The van der Waals surface area contributed by atoms with Gasteiger partial charge in [-0.1, -0.05) is 13.0 Å². The number of rotatable bonds is 1. The SMILES string of the molecule is COC(=O)C1=C[C@@H](C)[C@@H]2N[C@@H]2C1. The van der Waals surface area contributed by atoms with E-state index in [4.69, 9.17) is 0 Å². The molecule has 2 aliphatic rings. The molecule has 3 heteroatoms. The Labute approximate surface area is 71.8 Å². The van der Waals surface area contributed by atoms with E-state index in [0.717, 1.165) is 12.0 Å². The van der Waals surface area contributed by atoms with Crippen molar-refractivity contribution in [1.29, 1.82) is 0 Å². The summed E-state index contributed by atoms with van der Waals surface area (Å²) in [5.74, 6) is 0.298. The van der Waals surface area contributed by atoms with Crippen molar-refractivity contribution in [1.82, 2.24) is 5.32 Å². The number of carbonyl (C=O) groups excluding carboxylic acids is 1. The van der Waals surface area contributed by atoms with Crippen LogP contribution in [-0.2, 0) is 9.53 Å². The molecule has 1 fully saturated rings. The first-order valence-electron chi connectivity index (χ1n) is 4.27. The van der Waals surface area contributed by atoms with Crippen LogP contribution < -0.4 is 5.32 Å². The normalized spacial score (nSPS) is 38.2. The molecule has 3 nitrogen and oxygen atoms in total. The Kier molecular flexibility index (Phi) is 1.68. The molecule has 12 heavy (non-hydrogen) atoms. The fourth-order valence-corrected chi connectivity index (χ4v) is 1.90. The maximum absolute atomic E-state index is 11.2. The van der Waals surface area contributed by atoms with Gasteiger partial charge in [-0.05, 0) is 12.3 Å². The van der Waals surface area contributed by atoms with Crippen LogP contribution in [-0.4, -0.2) is 25.2 Å². The standard InChI is InChI=1S/C9H13NO2/c1-5-3-6(9(11)12-2)4-7-8(5)10-7/h3,5,7-8,10H,4H2,1-2H3/t5-,7-,8+/m1/s1. The van der Waals surface area contributed by atoms with Crippen LogP contribution in [0.1, 0.15) is 13.3 Å². The predicted octanol–water partition coefficient (Wildman–Crippen LogP) is 0.466. The highest BCUT2D eigenvalue weighted by molar-refractivity contribution is 5.89. The van der Waals surface area contributed by atoms with Gasteiger partial charge in [0.05, 0.1) is 7.11 Å². The first-order valence-corrected chi connectivity index (χ1v) is 4.27. The molecule has 66 valence electrons. The highest BCUT2D eigenvalue weighted by atomic mass is 16.5. The third kappa shape index (κ3) is 1.14. The molecule has 2 rings (SSSR count). The lowest BCUT2D eigenvalue weighted by atomic mass is 9.92. The number of fused-ring (bicyclic) bond motifs is 1. The molecule has 1 aliphatic heterocycles. The summed E-state index contributed by atoms with van der Waals surface area (Å²) in [4.78, 5) is 11.2. The minimum absolute atomic E-state index is 0.172. The summed E-state index contributed by atoms with van der Waals surface area (Å²) in [5.41, 5.74) is 0.830. The Morgan fingerprint density at radius 2 is 2.50 bits per heavy atom. The van der Waals surface area contributed by atoms with Crippen LogP contribution in [0, 0.1) is 5.92 Å². The summed E-state index contributed by atoms with van der Waals surface area (Å²) in [6.45, 7) is 2.12. The average Bonchev–Trinajstić information content (AvgIpc) is 2.82. The maximum Gasteiger partial charge on any atom is 0.333 e. The van der Waals surface area contributed by atoms with E-state index in [1.807, 2.05) is 6.08 Å². The van der Waals surface area contributed by atoms with Gasteiger partial charge in [0, 0.05) is 17.7 Å². The molecule has 1 saturated heterocycles. The largest absolute Gasteiger partial charge is 0.466 e. The topological polar surface area (TPSA) is 48.2 Å². The molecule has 1 N–H and O–H groups in total. The van der Waals surface area contributed by atoms with Crippen molar-refractivity contribution in [2.24, 2.45) is 5.92 Å². The van der Waals surface area contributed by atoms with Gasteiger partial charge in [-0.3, -0.25) is 0 Å². The second-order valence-electron chi connectivity index (χ2n) is 3.55. The molecule has 0 radical (unpaired) electrons. The van der Waals surface area contributed by atoms with Gasteiger partial charge >= 0.3 is 5.97 Å². The molecular formula is C9H13NO2. The summed E-state index contributed by atoms with van der Waals surface area (Å²) in [7, 11) is 1.43. The minimum atomic E-state index is -0.172. The minimum Gasteiger partial charge on any atom is -0.466 e. The van der Waals surface area contributed by atoms with Crippen LogP contribution in [0.15, 0.2) is 11.6 Å². The molecular weight excluding hydrogens is 154 g/mol. The van der Waals surface area contributed by atoms with Crippen LogP contribution >= 0.6 is 0 Å². The molecule has 0 unspecified atom stereocenters. The van der Waals surface area contributed by atoms with E-state index in [1.165, 1.54) is 7.11 Å². The Bertz CT molecular complexity index is 247. The molecule has 0 spiro atoms. The van der Waals surface area contributed by atoms with Gasteiger partial charge in [0.15, 0.2) is 0 Å². The van der Waals surface area contributed by atoms with Crippen molar-refractivity contribution in [3.05, 3.63) is 11.6 Å². The number of ether oxygens (including phenoxy) is 1. The second-order valence-corrected chi connectivity index (χ2v) is 3.55. The van der Waals surface area contributed by atoms with Gasteiger partial charge in [0.1, 0.15) is 0 Å². The summed E-state index contributed by atoms with van der Waals surface area (Å²) < 4.78 is 4.67. The molecule has 0 saturated carbocycles. The fraction of sp³-hybridized carbons (Fsp3) is 0.667. The molecule has 0 aromatic rings. The Balaban J connectivity index is 2.11. The third-order valence-corrected chi connectivity index (χ3v) is 2.65. The van der Waals surface area contributed by atoms with Crippen molar-refractivity contribution in [3.63, 3.8) is 0 Å². The zero-order chi connectivity index (χ0) is 8.72. The molecule has 0 bridgehead atoms. The van der Waals surface area contributed by atoms with Crippen LogP contribution in [0.3, 0.4) is 0 Å². The first kappa shape index (κ1) is 7.80. The van der Waals surface area contributed by atoms with Gasteiger partial charge in [-0.25, -0.2) is 4.79 Å². The third-order valence-electron chi connectivity index (χ3n) is 2.65. The number of hydrogen-bond donors (Lipinski definition) is 1. The van der Waals surface area contributed by atoms with Gasteiger partial charge in [0.2, 0.25) is 0 Å². The predicted molar refractivity (Wildman–Crippen MR) is 44.6 cm³/mol. The number of hydrogen-bond acceptors (Lipinski definition) is 3. The van der Waals surface area contributed by atoms with Crippen LogP contribution in [0.2, 0.25) is 0 Å². The van der Waals surface area contributed by atoms with Gasteiger partial charge < -0.3 is 10.1 Å². The quantitative estimate of drug-likeness (QED) is 0.456. The fourth-order valence-electron chi connectivity index (χ4n) is 1.90. The highest BCUT2D eigenvalue weighted by Gasteiger charge is 2.43. The summed E-state index contributed by atoms with van der Waals surface area (Å²) >= 11 is 0. The van der Waals surface area contributed by atoms with Gasteiger partial charge in [0.25, 0.3) is 0 Å². The van der Waals surface area contributed by atoms with E-state index >= 15 is 0 Å². The monoisotopic (exact) mass is 167 g/mol. The van der Waals surface area contributed by atoms with E-state index < -0.39 is 0 Å². The lowest BCUT2D eigenvalue weighted by Gasteiger charge is -2.13. The van der Waals surface area contributed by atoms with Crippen molar-refractivity contribution < 1.29 is 9.53 Å². The number of methoxy groups -OCH3 is 1. The molecule has 1 aliphatic carbocycles. The summed E-state index contributed by atoms with van der Waals surface area (Å²) in [6.07, 6.45) is 2.86. The van der Waals surface area contributed by atoms with Crippen LogP contribution in [0.5, 0.6) is 0 Å². The summed E-state index contributed by atoms with van der Waals surface area (Å²) in [5, 5.41) is 3.33. The Hall–Kier alpha value is -0.830. The van der Waals surface area contributed by atoms with E-state index in [0.29, 0.717) is 18.0 Å². The lowest BCUT2D eigenvalue weighted by Crippen LogP contribution is -2.17. The Morgan fingerprint density at radius 3 is 3.08 bits per heavy atom. The number of carbonyl (C=O) groups is 1. The van der Waals surface area contributed by atoms with Crippen molar-refractivity contribution in [2.45, 2.75) is 25.4 Å². The number of esters is 1. The van der Waals surface area contributed by atoms with E-state index in [-0.39, 0.29) is 5.97 Å². The molecule has 1 heterocycles. The Morgan fingerprint density at radius 1 is 1.75 bits per heavy atom. The zero-order valence-electron chi connectivity index (χ0n) is 7.33. The van der Waals surface area contributed by atoms with Crippen molar-refractivity contribution >= 4 is 5.97 Å². The zero-order valence-corrected chi connectivity index (χ0v) is 7.33.